The summed E-state index contributed by atoms with van der Waals surface area (Å²) in [6, 6.07) is 17.6. The van der Waals surface area contributed by atoms with Crippen LogP contribution in [0.4, 0.5) is 5.69 Å². The zero-order valence-electron chi connectivity index (χ0n) is 20.3. The molecule has 1 unspecified atom stereocenters. The molecule has 7 nitrogen and oxygen atoms in total. The van der Waals surface area contributed by atoms with Gasteiger partial charge in [0.1, 0.15) is 23.0 Å². The second-order valence-electron chi connectivity index (χ2n) is 8.45. The van der Waals surface area contributed by atoms with E-state index in [9.17, 15) is 14.7 Å². The maximum absolute atomic E-state index is 13.4. The number of carbonyl (C=O) groups is 2. The summed E-state index contributed by atoms with van der Waals surface area (Å²) >= 11 is 6.37. The van der Waals surface area contributed by atoms with Crippen molar-refractivity contribution in [2.75, 3.05) is 19.1 Å². The average Bonchev–Trinajstić information content (AvgIpc) is 3.14. The number of hydrogen-bond donors (Lipinski definition) is 1. The zero-order valence-corrected chi connectivity index (χ0v) is 21.1. The Balaban J connectivity index is 1.90. The number of ketones is 1. The first-order chi connectivity index (χ1) is 17.2. The average molecular weight is 508 g/mol. The number of rotatable bonds is 7. The van der Waals surface area contributed by atoms with Gasteiger partial charge in [-0.15, -0.1) is 0 Å². The summed E-state index contributed by atoms with van der Waals surface area (Å²) in [6.45, 7) is 3.83. The van der Waals surface area contributed by atoms with Gasteiger partial charge in [0.2, 0.25) is 0 Å². The van der Waals surface area contributed by atoms with Crippen molar-refractivity contribution in [1.82, 2.24) is 0 Å². The summed E-state index contributed by atoms with van der Waals surface area (Å²) in [5, 5.41) is 11.6. The lowest BCUT2D eigenvalue weighted by Gasteiger charge is -2.26. The molecule has 1 atom stereocenters. The minimum atomic E-state index is -0.907. The van der Waals surface area contributed by atoms with Crippen LogP contribution >= 0.6 is 11.6 Å². The number of Topliss-reactive ketones (excluding diaryl/α,β-unsaturated/α-hetero) is 1. The number of amides is 1. The fourth-order valence-corrected chi connectivity index (χ4v) is 4.32. The third-order valence-corrected chi connectivity index (χ3v) is 6.12. The van der Waals surface area contributed by atoms with Gasteiger partial charge < -0.3 is 19.3 Å². The molecule has 4 rings (SSSR count). The van der Waals surface area contributed by atoms with Crippen LogP contribution in [0.25, 0.3) is 5.76 Å². The number of nitrogens with zero attached hydrogens (tertiary/aromatic N) is 1. The number of hydrogen-bond acceptors (Lipinski definition) is 6. The van der Waals surface area contributed by atoms with Crippen LogP contribution < -0.4 is 19.1 Å². The predicted octanol–water partition coefficient (Wildman–Crippen LogP) is 5.77. The van der Waals surface area contributed by atoms with E-state index < -0.39 is 17.7 Å². The molecule has 1 aliphatic rings. The van der Waals surface area contributed by atoms with Gasteiger partial charge in [0.25, 0.3) is 11.7 Å². The lowest BCUT2D eigenvalue weighted by Crippen LogP contribution is -2.29. The molecule has 8 heteroatoms. The van der Waals surface area contributed by atoms with Crippen molar-refractivity contribution in [3.8, 4) is 17.2 Å². The van der Waals surface area contributed by atoms with Crippen molar-refractivity contribution in [2.24, 2.45) is 0 Å². The third-order valence-electron chi connectivity index (χ3n) is 5.79. The minimum absolute atomic E-state index is 0.0167. The Morgan fingerprint density at radius 2 is 1.47 bits per heavy atom. The van der Waals surface area contributed by atoms with Gasteiger partial charge >= 0.3 is 0 Å². The number of anilines is 1. The maximum atomic E-state index is 13.4. The van der Waals surface area contributed by atoms with E-state index in [1.165, 1.54) is 18.1 Å². The highest BCUT2D eigenvalue weighted by Crippen LogP contribution is 2.44. The van der Waals surface area contributed by atoms with E-state index in [-0.39, 0.29) is 28.0 Å². The SMILES string of the molecule is COc1ccc(C2/C(=C(\O)c3cc(OC)ccc3Cl)C(=O)C(=O)N2c2ccc(OC(C)C)cc2)cc1. The summed E-state index contributed by atoms with van der Waals surface area (Å²) in [4.78, 5) is 28.1. The fraction of sp³-hybridized carbons (Fsp3) is 0.214. The van der Waals surface area contributed by atoms with Gasteiger partial charge in [-0.25, -0.2) is 0 Å². The van der Waals surface area contributed by atoms with Gasteiger partial charge in [-0.2, -0.15) is 0 Å². The van der Waals surface area contributed by atoms with Crippen molar-refractivity contribution in [2.45, 2.75) is 26.0 Å². The Labute approximate surface area is 214 Å². The fourth-order valence-electron chi connectivity index (χ4n) is 4.12. The molecule has 186 valence electrons. The molecule has 0 saturated carbocycles. The largest absolute Gasteiger partial charge is 0.507 e. The van der Waals surface area contributed by atoms with Gasteiger partial charge in [-0.05, 0) is 74.0 Å². The lowest BCUT2D eigenvalue weighted by molar-refractivity contribution is -0.132. The molecule has 3 aromatic carbocycles. The van der Waals surface area contributed by atoms with Crippen LogP contribution in [0.5, 0.6) is 17.2 Å². The number of ether oxygens (including phenoxy) is 3. The molecule has 1 aliphatic heterocycles. The molecule has 0 spiro atoms. The monoisotopic (exact) mass is 507 g/mol. The highest BCUT2D eigenvalue weighted by Gasteiger charge is 2.47. The topological polar surface area (TPSA) is 85.3 Å². The van der Waals surface area contributed by atoms with Gasteiger partial charge in [0.05, 0.1) is 37.0 Å². The first kappa shape index (κ1) is 25.1. The molecule has 1 amide bonds. The second kappa shape index (κ2) is 10.3. The molecular weight excluding hydrogens is 482 g/mol. The Kier molecular flexibility index (Phi) is 7.22. The molecule has 3 aromatic rings. The van der Waals surface area contributed by atoms with Gasteiger partial charge in [0, 0.05) is 11.3 Å². The van der Waals surface area contributed by atoms with Crippen molar-refractivity contribution in [1.29, 1.82) is 0 Å². The number of aliphatic hydroxyl groups excluding tert-OH is 1. The summed E-state index contributed by atoms with van der Waals surface area (Å²) in [5.74, 6) is -0.294. The summed E-state index contributed by atoms with van der Waals surface area (Å²) in [5.41, 5.74) is 1.19. The molecule has 1 fully saturated rings. The molecule has 1 saturated heterocycles. The van der Waals surface area contributed by atoms with E-state index in [0.717, 1.165) is 0 Å². The molecule has 0 bridgehead atoms. The summed E-state index contributed by atoms with van der Waals surface area (Å²) in [7, 11) is 3.03. The Bertz CT molecular complexity index is 1310. The molecule has 0 radical (unpaired) electrons. The van der Waals surface area contributed by atoms with E-state index in [1.807, 2.05) is 13.8 Å². The van der Waals surface area contributed by atoms with Gasteiger partial charge in [-0.1, -0.05) is 23.7 Å². The highest BCUT2D eigenvalue weighted by molar-refractivity contribution is 6.52. The molecule has 1 heterocycles. The van der Waals surface area contributed by atoms with Crippen molar-refractivity contribution in [3.63, 3.8) is 0 Å². The number of aliphatic hydroxyl groups is 1. The Morgan fingerprint density at radius 3 is 2.06 bits per heavy atom. The number of benzene rings is 3. The van der Waals surface area contributed by atoms with Crippen LogP contribution in [0.15, 0.2) is 72.3 Å². The van der Waals surface area contributed by atoms with Crippen LogP contribution in [-0.2, 0) is 9.59 Å². The number of methoxy groups -OCH3 is 2. The second-order valence-corrected chi connectivity index (χ2v) is 8.86. The van der Waals surface area contributed by atoms with Gasteiger partial charge in [-0.3, -0.25) is 14.5 Å². The van der Waals surface area contributed by atoms with E-state index in [0.29, 0.717) is 28.5 Å². The van der Waals surface area contributed by atoms with Crippen molar-refractivity contribution in [3.05, 3.63) is 88.5 Å². The van der Waals surface area contributed by atoms with Crippen LogP contribution in [0.1, 0.15) is 31.0 Å². The number of halogens is 1. The van der Waals surface area contributed by atoms with E-state index in [1.54, 1.807) is 67.8 Å². The predicted molar refractivity (Wildman–Crippen MR) is 138 cm³/mol. The highest BCUT2D eigenvalue weighted by atomic mass is 35.5. The molecule has 36 heavy (non-hydrogen) atoms. The molecule has 0 aromatic heterocycles. The molecular formula is C28H26ClNO6. The number of carbonyl (C=O) groups excluding carboxylic acids is 2. The standard InChI is InChI=1S/C28H26ClNO6/c1-16(2)36-20-11-7-18(8-12-20)30-25(17-5-9-19(34-3)10-6-17)24(27(32)28(30)33)26(31)22-15-21(35-4)13-14-23(22)29/h5-16,25,31H,1-4H3/b26-24+. The minimum Gasteiger partial charge on any atom is -0.507 e. The summed E-state index contributed by atoms with van der Waals surface area (Å²) < 4.78 is 16.2. The molecule has 0 aliphatic carbocycles. The van der Waals surface area contributed by atoms with E-state index in [4.69, 9.17) is 25.8 Å². The van der Waals surface area contributed by atoms with E-state index in [2.05, 4.69) is 0 Å². The zero-order chi connectivity index (χ0) is 26.0. The van der Waals surface area contributed by atoms with E-state index >= 15 is 0 Å². The first-order valence-electron chi connectivity index (χ1n) is 11.3. The van der Waals surface area contributed by atoms with Gasteiger partial charge in [0.15, 0.2) is 0 Å². The third kappa shape index (κ3) is 4.75. The smallest absolute Gasteiger partial charge is 0.300 e. The first-order valence-corrected chi connectivity index (χ1v) is 11.7. The van der Waals surface area contributed by atoms with Crippen molar-refractivity contribution < 1.29 is 28.9 Å². The normalized spacial score (nSPS) is 16.9. The van der Waals surface area contributed by atoms with Crippen LogP contribution in [-0.4, -0.2) is 37.1 Å². The van der Waals surface area contributed by atoms with Crippen LogP contribution in [0, 0.1) is 0 Å². The quantitative estimate of drug-likeness (QED) is 0.248. The summed E-state index contributed by atoms with van der Waals surface area (Å²) in [6.07, 6.45) is -0.0167. The molecule has 1 N–H and O–H groups in total. The van der Waals surface area contributed by atoms with Crippen LogP contribution in [0.2, 0.25) is 5.02 Å². The lowest BCUT2D eigenvalue weighted by atomic mass is 9.95. The maximum Gasteiger partial charge on any atom is 0.300 e. The Hall–Kier alpha value is -3.97. The Morgan fingerprint density at radius 1 is 0.889 bits per heavy atom. The van der Waals surface area contributed by atoms with Crippen LogP contribution in [0.3, 0.4) is 0 Å². The van der Waals surface area contributed by atoms with Crippen molar-refractivity contribution >= 4 is 34.7 Å².